The highest BCUT2D eigenvalue weighted by Gasteiger charge is 2.28. The van der Waals surface area contributed by atoms with Crippen LogP contribution in [0.5, 0.6) is 0 Å². The lowest BCUT2D eigenvalue weighted by atomic mass is 9.85. The van der Waals surface area contributed by atoms with E-state index in [0.29, 0.717) is 0 Å². The highest BCUT2D eigenvalue weighted by Crippen LogP contribution is 2.52. The predicted octanol–water partition coefficient (Wildman–Crippen LogP) is 19.0. The Morgan fingerprint density at radius 2 is 0.627 bits per heavy atom. The van der Waals surface area contributed by atoms with E-state index in [1.807, 2.05) is 0 Å². The molecule has 67 heavy (non-hydrogen) atoms. The van der Waals surface area contributed by atoms with Crippen molar-refractivity contribution < 1.29 is 0 Å². The molecule has 0 fully saturated rings. The van der Waals surface area contributed by atoms with Crippen LogP contribution in [0.1, 0.15) is 26.3 Å². The largest absolute Gasteiger partial charge is 0.309 e. The monoisotopic (exact) mass is 926 g/mol. The van der Waals surface area contributed by atoms with Gasteiger partial charge in [0, 0.05) is 49.5 Å². The van der Waals surface area contributed by atoms with E-state index < -0.39 is 0 Å². The topological polar surface area (TPSA) is 6.48 Å². The Morgan fingerprint density at radius 1 is 0.284 bits per heavy atom. The summed E-state index contributed by atoms with van der Waals surface area (Å²) in [4.78, 5) is 4.98. The van der Waals surface area contributed by atoms with Crippen LogP contribution in [0.2, 0.25) is 0 Å². The zero-order chi connectivity index (χ0) is 45.7. The normalized spacial score (nSPS) is 11.3. The Kier molecular flexibility index (Phi) is 12.3. The van der Waals surface area contributed by atoms with Crippen LogP contribution in [-0.4, -0.2) is 0 Å². The lowest BCUT2D eigenvalue weighted by Gasteiger charge is -2.35. The molecule has 0 aliphatic rings. The van der Waals surface area contributed by atoms with Gasteiger partial charge in [0.25, 0.3) is 0 Å². The molecule has 0 aliphatic carbocycles. The first-order valence-electron chi connectivity index (χ1n) is 22.9. The van der Waals surface area contributed by atoms with Crippen LogP contribution in [-0.2, 0) is 5.41 Å². The molecule has 0 aliphatic heterocycles. The fourth-order valence-corrected chi connectivity index (χ4v) is 9.51. The van der Waals surface area contributed by atoms with Crippen molar-refractivity contribution in [3.05, 3.63) is 265 Å². The number of nitrogens with zero attached hydrogens (tertiary/aromatic N) is 2. The molecule has 0 bridgehead atoms. The summed E-state index contributed by atoms with van der Waals surface area (Å²) in [5, 5.41) is 0. The Bertz CT molecular complexity index is 3140. The van der Waals surface area contributed by atoms with Gasteiger partial charge in [-0.3, -0.25) is 0 Å². The number of hydrogen-bond acceptors (Lipinski definition) is 2. The Hall–Kier alpha value is -7.72. The van der Waals surface area contributed by atoms with Gasteiger partial charge < -0.3 is 9.80 Å². The molecule has 324 valence electrons. The SMILES string of the molecule is CC(C)(C)c1cc(N(c2ccc(-c3ccccc3)cc2)c2c(-c3ccccc3)cccc2-c2ccccc2)cc(N(c2cccc(Br)c2)c2c(-c3ccccc3)cccc2-c2ccccc2)c1. The van der Waals surface area contributed by atoms with Crippen molar-refractivity contribution in [1.82, 2.24) is 0 Å². The molecule has 2 nitrogen and oxygen atoms in total. The first-order valence-corrected chi connectivity index (χ1v) is 23.7. The van der Waals surface area contributed by atoms with Crippen LogP contribution >= 0.6 is 15.9 Å². The van der Waals surface area contributed by atoms with Crippen molar-refractivity contribution in [3.63, 3.8) is 0 Å². The number of rotatable bonds is 11. The number of halogens is 1. The Morgan fingerprint density at radius 3 is 1.00 bits per heavy atom. The first kappa shape index (κ1) is 43.2. The predicted molar refractivity (Wildman–Crippen MR) is 289 cm³/mol. The molecule has 0 aromatic heterocycles. The van der Waals surface area contributed by atoms with Gasteiger partial charge in [-0.1, -0.05) is 243 Å². The lowest BCUT2D eigenvalue weighted by Crippen LogP contribution is -2.19. The third-order valence-electron chi connectivity index (χ3n) is 12.4. The molecule has 0 unspecified atom stereocenters. The summed E-state index contributed by atoms with van der Waals surface area (Å²) in [5.74, 6) is 0. The maximum Gasteiger partial charge on any atom is 0.0618 e. The van der Waals surface area contributed by atoms with E-state index in [1.54, 1.807) is 0 Å². The minimum atomic E-state index is -0.223. The van der Waals surface area contributed by atoms with E-state index in [2.05, 4.69) is 301 Å². The van der Waals surface area contributed by atoms with Crippen molar-refractivity contribution in [2.24, 2.45) is 0 Å². The third kappa shape index (κ3) is 9.12. The van der Waals surface area contributed by atoms with Crippen LogP contribution in [0.4, 0.5) is 34.1 Å². The van der Waals surface area contributed by atoms with Gasteiger partial charge in [-0.2, -0.15) is 0 Å². The first-order chi connectivity index (χ1) is 32.8. The van der Waals surface area contributed by atoms with Crippen molar-refractivity contribution in [1.29, 1.82) is 0 Å². The fraction of sp³-hybridized carbons (Fsp3) is 0.0625. The summed E-state index contributed by atoms with van der Waals surface area (Å²) in [6.45, 7) is 6.96. The van der Waals surface area contributed by atoms with Crippen molar-refractivity contribution >= 4 is 50.1 Å². The summed E-state index contributed by atoms with van der Waals surface area (Å²) >= 11 is 3.90. The molecule has 0 atom stereocenters. The number of para-hydroxylation sites is 2. The molecule has 0 heterocycles. The van der Waals surface area contributed by atoms with Gasteiger partial charge in [-0.05, 0) is 92.9 Å². The summed E-state index contributed by atoms with van der Waals surface area (Å²) in [7, 11) is 0. The number of hydrogen-bond donors (Lipinski definition) is 0. The van der Waals surface area contributed by atoms with E-state index in [0.717, 1.165) is 83.1 Å². The second-order valence-electron chi connectivity index (χ2n) is 17.9. The van der Waals surface area contributed by atoms with Gasteiger partial charge in [0.05, 0.1) is 11.4 Å². The molecule has 0 N–H and O–H groups in total. The lowest BCUT2D eigenvalue weighted by molar-refractivity contribution is 0.590. The third-order valence-corrected chi connectivity index (χ3v) is 12.9. The zero-order valence-electron chi connectivity index (χ0n) is 38.0. The van der Waals surface area contributed by atoms with Crippen LogP contribution in [0, 0.1) is 0 Å². The molecule has 0 spiro atoms. The average Bonchev–Trinajstić information content (AvgIpc) is 3.38. The van der Waals surface area contributed by atoms with Gasteiger partial charge in [-0.25, -0.2) is 0 Å². The standard InChI is InChI=1S/C64H51BrN2/c1-64(2,3)52-42-56(45-57(43-52)67(55-33-19-32-53(65)44-55)63-60(50-28-15-7-16-29-50)36-21-37-61(63)51-30-17-8-18-31-51)66(54-40-38-47(39-41-54)46-22-9-4-10-23-46)62-58(48-24-11-5-12-25-48)34-20-35-59(62)49-26-13-6-14-27-49/h4-45H,1-3H3. The highest BCUT2D eigenvalue weighted by molar-refractivity contribution is 9.10. The summed E-state index contributed by atoms with van der Waals surface area (Å²) in [6.07, 6.45) is 0. The van der Waals surface area contributed by atoms with E-state index in [-0.39, 0.29) is 5.41 Å². The minimum absolute atomic E-state index is 0.223. The van der Waals surface area contributed by atoms with E-state index in [9.17, 15) is 0 Å². The average molecular weight is 928 g/mol. The Balaban J connectivity index is 1.31. The minimum Gasteiger partial charge on any atom is -0.309 e. The van der Waals surface area contributed by atoms with Crippen molar-refractivity contribution in [3.8, 4) is 55.6 Å². The molecule has 10 aromatic carbocycles. The molecule has 0 amide bonds. The summed E-state index contributed by atoms with van der Waals surface area (Å²) < 4.78 is 1.00. The Labute approximate surface area is 404 Å². The second-order valence-corrected chi connectivity index (χ2v) is 18.8. The van der Waals surface area contributed by atoms with Crippen LogP contribution in [0.15, 0.2) is 259 Å². The van der Waals surface area contributed by atoms with Gasteiger partial charge in [-0.15, -0.1) is 0 Å². The fourth-order valence-electron chi connectivity index (χ4n) is 9.12. The molecular formula is C64H51BrN2. The van der Waals surface area contributed by atoms with Gasteiger partial charge >= 0.3 is 0 Å². The summed E-state index contributed by atoms with van der Waals surface area (Å²) in [6, 6.07) is 92.3. The van der Waals surface area contributed by atoms with Crippen LogP contribution < -0.4 is 9.80 Å². The highest BCUT2D eigenvalue weighted by atomic mass is 79.9. The molecule has 0 saturated carbocycles. The molecule has 10 rings (SSSR count). The van der Waals surface area contributed by atoms with Gasteiger partial charge in [0.1, 0.15) is 0 Å². The molecule has 0 saturated heterocycles. The second kappa shape index (κ2) is 19.0. The molecule has 10 aromatic rings. The maximum atomic E-state index is 3.90. The molecular weight excluding hydrogens is 877 g/mol. The van der Waals surface area contributed by atoms with E-state index in [1.165, 1.54) is 16.7 Å². The van der Waals surface area contributed by atoms with E-state index >= 15 is 0 Å². The number of anilines is 6. The summed E-state index contributed by atoms with van der Waals surface area (Å²) in [5.41, 5.74) is 18.9. The zero-order valence-corrected chi connectivity index (χ0v) is 39.6. The van der Waals surface area contributed by atoms with Crippen LogP contribution in [0.3, 0.4) is 0 Å². The molecule has 3 heteroatoms. The van der Waals surface area contributed by atoms with E-state index in [4.69, 9.17) is 0 Å². The van der Waals surface area contributed by atoms with Gasteiger partial charge in [0.2, 0.25) is 0 Å². The number of benzene rings is 10. The molecule has 0 radical (unpaired) electrons. The van der Waals surface area contributed by atoms with Crippen molar-refractivity contribution in [2.75, 3.05) is 9.80 Å². The quantitative estimate of drug-likeness (QED) is 0.128. The van der Waals surface area contributed by atoms with Crippen LogP contribution in [0.25, 0.3) is 55.6 Å². The smallest absolute Gasteiger partial charge is 0.0618 e. The maximum absolute atomic E-state index is 3.90. The van der Waals surface area contributed by atoms with Crippen molar-refractivity contribution in [2.45, 2.75) is 26.2 Å². The van der Waals surface area contributed by atoms with Gasteiger partial charge in [0.15, 0.2) is 0 Å².